The Balaban J connectivity index is 1.70. The van der Waals surface area contributed by atoms with E-state index in [1.54, 1.807) is 0 Å². The Kier molecular flexibility index (Phi) is 6.85. The molecule has 0 aliphatic carbocycles. The Morgan fingerprint density at radius 2 is 1.38 bits per heavy atom. The van der Waals surface area contributed by atoms with Crippen molar-refractivity contribution in [1.82, 2.24) is 0 Å². The van der Waals surface area contributed by atoms with Crippen molar-refractivity contribution in [3.8, 4) is 11.5 Å². The van der Waals surface area contributed by atoms with Crippen molar-refractivity contribution in [1.29, 1.82) is 0 Å². The summed E-state index contributed by atoms with van der Waals surface area (Å²) in [6, 6.07) is 8.85. The van der Waals surface area contributed by atoms with Crippen LogP contribution in [0.25, 0.3) is 12.2 Å². The highest BCUT2D eigenvalue weighted by molar-refractivity contribution is 5.77. The topological polar surface area (TPSA) is 43.5 Å². The Morgan fingerprint density at radius 1 is 0.794 bits per heavy atom. The lowest BCUT2D eigenvalue weighted by atomic mass is 9.83. The van der Waals surface area contributed by atoms with Crippen LogP contribution in [0.3, 0.4) is 0 Å². The molecule has 2 unspecified atom stereocenters. The van der Waals surface area contributed by atoms with Crippen LogP contribution in [0, 0.1) is 13.8 Å². The van der Waals surface area contributed by atoms with Crippen molar-refractivity contribution in [2.24, 2.45) is 0 Å². The Morgan fingerprint density at radius 3 is 1.94 bits per heavy atom. The molecule has 0 saturated carbocycles. The van der Waals surface area contributed by atoms with Gasteiger partial charge in [0.1, 0.15) is 36.9 Å². The van der Waals surface area contributed by atoms with E-state index in [0.29, 0.717) is 13.2 Å². The molecule has 2 heterocycles. The molecular weight excluding hydrogens is 424 g/mol. The average Bonchev–Trinajstić information content (AvgIpc) is 3.64. The van der Waals surface area contributed by atoms with Gasteiger partial charge >= 0.3 is 0 Å². The molecule has 4 nitrogen and oxygen atoms in total. The standard InChI is InChI=1S/C30H40O4/c1-19-9-12-25(29(3,4)5)28(34-18-23-16-32-23)24(19)11-10-21-14-26(30(6,7)8)27(13-20(21)2)33-17-22-15-31-22/h9-14,22-23H,15-18H2,1-8H3. The smallest absolute Gasteiger partial charge is 0.130 e. The minimum Gasteiger partial charge on any atom is -0.490 e. The monoisotopic (exact) mass is 464 g/mol. The third-order valence-corrected chi connectivity index (χ3v) is 6.47. The molecule has 2 aliphatic rings. The van der Waals surface area contributed by atoms with Crippen molar-refractivity contribution in [3.63, 3.8) is 0 Å². The van der Waals surface area contributed by atoms with Gasteiger partial charge in [0, 0.05) is 16.7 Å². The summed E-state index contributed by atoms with van der Waals surface area (Å²) < 4.78 is 23.3. The molecule has 2 aromatic rings. The van der Waals surface area contributed by atoms with Crippen LogP contribution in [-0.4, -0.2) is 38.6 Å². The van der Waals surface area contributed by atoms with Gasteiger partial charge in [-0.3, -0.25) is 0 Å². The lowest BCUT2D eigenvalue weighted by Gasteiger charge is -2.25. The van der Waals surface area contributed by atoms with Gasteiger partial charge in [0.25, 0.3) is 0 Å². The summed E-state index contributed by atoms with van der Waals surface area (Å²) in [5.74, 6) is 1.93. The Labute approximate surface area is 205 Å². The minimum atomic E-state index is -0.0311. The van der Waals surface area contributed by atoms with E-state index in [0.717, 1.165) is 30.3 Å². The van der Waals surface area contributed by atoms with Crippen LogP contribution in [-0.2, 0) is 20.3 Å². The second-order valence-corrected chi connectivity index (χ2v) is 11.7. The highest BCUT2D eigenvalue weighted by Gasteiger charge is 2.28. The molecule has 0 bridgehead atoms. The zero-order valence-corrected chi connectivity index (χ0v) is 22.1. The zero-order valence-electron chi connectivity index (χ0n) is 22.1. The Bertz CT molecular complexity index is 1060. The molecule has 2 aromatic carbocycles. The van der Waals surface area contributed by atoms with Crippen LogP contribution in [0.5, 0.6) is 11.5 Å². The van der Waals surface area contributed by atoms with E-state index in [1.165, 1.54) is 27.8 Å². The van der Waals surface area contributed by atoms with Gasteiger partial charge in [-0.1, -0.05) is 65.8 Å². The van der Waals surface area contributed by atoms with Crippen LogP contribution in [0.15, 0.2) is 24.3 Å². The summed E-state index contributed by atoms with van der Waals surface area (Å²) in [6.45, 7) is 20.5. The van der Waals surface area contributed by atoms with Crippen LogP contribution in [0.4, 0.5) is 0 Å². The molecule has 4 rings (SSSR count). The number of ether oxygens (including phenoxy) is 4. The number of hydrogen-bond acceptors (Lipinski definition) is 4. The van der Waals surface area contributed by atoms with Crippen molar-refractivity contribution >= 4 is 12.2 Å². The largest absolute Gasteiger partial charge is 0.490 e. The van der Waals surface area contributed by atoms with Crippen LogP contribution in [0.1, 0.15) is 74.9 Å². The third-order valence-electron chi connectivity index (χ3n) is 6.47. The second kappa shape index (κ2) is 9.39. The minimum absolute atomic E-state index is 0.0182. The van der Waals surface area contributed by atoms with Crippen LogP contribution in [0.2, 0.25) is 0 Å². The SMILES string of the molecule is Cc1cc(OCC2CO2)c(C(C)(C)C)cc1C=Cc1c(C)ccc(C(C)(C)C)c1OCC1CO1. The normalized spacial score (nSPS) is 20.0. The molecule has 2 atom stereocenters. The summed E-state index contributed by atoms with van der Waals surface area (Å²) in [5.41, 5.74) is 7.10. The van der Waals surface area contributed by atoms with Crippen molar-refractivity contribution in [2.45, 2.75) is 78.4 Å². The van der Waals surface area contributed by atoms with E-state index in [2.05, 4.69) is 91.8 Å². The van der Waals surface area contributed by atoms with Gasteiger partial charge < -0.3 is 18.9 Å². The maximum atomic E-state index is 6.37. The van der Waals surface area contributed by atoms with E-state index in [1.807, 2.05) is 0 Å². The molecule has 2 saturated heterocycles. The molecule has 34 heavy (non-hydrogen) atoms. The van der Waals surface area contributed by atoms with E-state index < -0.39 is 0 Å². The highest BCUT2D eigenvalue weighted by Crippen LogP contribution is 2.39. The predicted molar refractivity (Wildman–Crippen MR) is 139 cm³/mol. The van der Waals surface area contributed by atoms with Gasteiger partial charge in [-0.05, 0) is 53.5 Å². The zero-order chi connectivity index (χ0) is 24.7. The fourth-order valence-electron chi connectivity index (χ4n) is 4.10. The molecular formula is C30H40O4. The molecule has 4 heteroatoms. The van der Waals surface area contributed by atoms with E-state index in [9.17, 15) is 0 Å². The molecule has 2 aliphatic heterocycles. The lowest BCUT2D eigenvalue weighted by molar-refractivity contribution is 0.257. The number of epoxide rings is 2. The highest BCUT2D eigenvalue weighted by atomic mass is 16.6. The first-order valence-corrected chi connectivity index (χ1v) is 12.4. The van der Waals surface area contributed by atoms with Crippen LogP contribution < -0.4 is 9.47 Å². The first-order chi connectivity index (χ1) is 15.9. The number of rotatable bonds is 8. The summed E-state index contributed by atoms with van der Waals surface area (Å²) in [6.07, 6.45) is 4.88. The quantitative estimate of drug-likeness (QED) is 0.325. The molecule has 0 N–H and O–H groups in total. The molecule has 0 aromatic heterocycles. The van der Waals surface area contributed by atoms with Gasteiger partial charge in [-0.25, -0.2) is 0 Å². The summed E-state index contributed by atoms with van der Waals surface area (Å²) in [4.78, 5) is 0. The van der Waals surface area contributed by atoms with Gasteiger partial charge in [0.2, 0.25) is 0 Å². The first-order valence-electron chi connectivity index (χ1n) is 12.4. The van der Waals surface area contributed by atoms with Gasteiger partial charge in [-0.15, -0.1) is 0 Å². The number of aryl methyl sites for hydroxylation is 2. The second-order valence-electron chi connectivity index (χ2n) is 11.7. The summed E-state index contributed by atoms with van der Waals surface area (Å²) in [7, 11) is 0. The third kappa shape index (κ3) is 6.03. The molecule has 0 amide bonds. The van der Waals surface area contributed by atoms with Gasteiger partial charge in [-0.2, -0.15) is 0 Å². The lowest BCUT2D eigenvalue weighted by Crippen LogP contribution is -2.16. The first kappa shape index (κ1) is 24.8. The average molecular weight is 465 g/mol. The van der Waals surface area contributed by atoms with Gasteiger partial charge in [0.05, 0.1) is 13.2 Å². The molecule has 2 fully saturated rings. The number of hydrogen-bond donors (Lipinski definition) is 0. The van der Waals surface area contributed by atoms with Crippen molar-refractivity contribution < 1.29 is 18.9 Å². The van der Waals surface area contributed by atoms with E-state index >= 15 is 0 Å². The molecule has 0 spiro atoms. The van der Waals surface area contributed by atoms with Crippen molar-refractivity contribution in [2.75, 3.05) is 26.4 Å². The van der Waals surface area contributed by atoms with E-state index in [-0.39, 0.29) is 23.0 Å². The summed E-state index contributed by atoms with van der Waals surface area (Å²) in [5, 5.41) is 0. The molecule has 0 radical (unpaired) electrons. The van der Waals surface area contributed by atoms with Crippen LogP contribution >= 0.6 is 0 Å². The number of benzene rings is 2. The van der Waals surface area contributed by atoms with Gasteiger partial charge in [0.15, 0.2) is 0 Å². The van der Waals surface area contributed by atoms with E-state index in [4.69, 9.17) is 18.9 Å². The molecule has 184 valence electrons. The Hall–Kier alpha value is -2.30. The maximum absolute atomic E-state index is 6.37. The predicted octanol–water partition coefficient (Wildman–Crippen LogP) is 6.62. The van der Waals surface area contributed by atoms with Crippen molar-refractivity contribution in [3.05, 3.63) is 57.6 Å². The maximum Gasteiger partial charge on any atom is 0.130 e. The fraction of sp³-hybridized carbons (Fsp3) is 0.533. The summed E-state index contributed by atoms with van der Waals surface area (Å²) >= 11 is 0. The fourth-order valence-corrected chi connectivity index (χ4v) is 4.10.